The molecular weight excluding hydrogens is 591 g/mol. The van der Waals surface area contributed by atoms with Crippen LogP contribution in [0.2, 0.25) is 5.28 Å². The number of thioether (sulfide) groups is 1. The van der Waals surface area contributed by atoms with Crippen LogP contribution in [0.5, 0.6) is 5.88 Å². The van der Waals surface area contributed by atoms with Gasteiger partial charge in [0.1, 0.15) is 16.9 Å². The third kappa shape index (κ3) is 6.24. The molecule has 0 aliphatic heterocycles. The number of carbonyl (C=O) groups is 1. The number of carbonyl (C=O) groups excluding carboxylic acids is 1. The van der Waals surface area contributed by atoms with Crippen molar-refractivity contribution >= 4 is 49.9 Å². The molecule has 0 amide bonds. The molecule has 9 nitrogen and oxygen atoms in total. The molecule has 206 valence electrons. The average Bonchev–Trinajstić information content (AvgIpc) is 2.92. The number of hydrogen-bond donors (Lipinski definition) is 2. The smallest absolute Gasteiger partial charge is 0.267 e. The first-order valence-corrected chi connectivity index (χ1v) is 13.8. The number of sulfonamides is 1. The minimum Gasteiger partial charge on any atom is -0.481 e. The molecule has 0 fully saturated rings. The molecule has 40 heavy (non-hydrogen) atoms. The number of nitrogens with one attached hydrogen (secondary N) is 2. The summed E-state index contributed by atoms with van der Waals surface area (Å²) in [6.45, 7) is 0. The molecule has 15 heteroatoms. The van der Waals surface area contributed by atoms with Gasteiger partial charge in [-0.1, -0.05) is 23.9 Å². The van der Waals surface area contributed by atoms with Crippen LogP contribution >= 0.6 is 23.4 Å². The lowest BCUT2D eigenvalue weighted by molar-refractivity contribution is 0.0985. The summed E-state index contributed by atoms with van der Waals surface area (Å²) in [7, 11) is -3.50. The summed E-state index contributed by atoms with van der Waals surface area (Å²) in [5.41, 5.74) is -0.952. The Kier molecular flexibility index (Phi) is 8.71. The Balaban J connectivity index is 1.71. The zero-order valence-electron chi connectivity index (χ0n) is 20.2. The fourth-order valence-electron chi connectivity index (χ4n) is 3.44. The van der Waals surface area contributed by atoms with Gasteiger partial charge in [0, 0.05) is 24.0 Å². The van der Waals surface area contributed by atoms with Crippen LogP contribution in [0.4, 0.5) is 18.9 Å². The number of halogens is 4. The maximum atomic E-state index is 15.6. The quantitative estimate of drug-likeness (QED) is 0.111. The third-order valence-corrected chi connectivity index (χ3v) is 8.05. The molecule has 0 aliphatic carbocycles. The number of hydrogen-bond acceptors (Lipinski definition) is 9. The van der Waals surface area contributed by atoms with E-state index in [1.165, 1.54) is 43.8 Å². The number of ketones is 1. The molecule has 4 rings (SSSR count). The van der Waals surface area contributed by atoms with Crippen molar-refractivity contribution in [2.75, 3.05) is 11.8 Å². The van der Waals surface area contributed by atoms with Gasteiger partial charge >= 0.3 is 0 Å². The van der Waals surface area contributed by atoms with Gasteiger partial charge in [-0.25, -0.2) is 36.5 Å². The average molecular weight is 608 g/mol. The van der Waals surface area contributed by atoms with Crippen LogP contribution < -0.4 is 9.46 Å². The molecule has 0 spiro atoms. The number of benzene rings is 2. The van der Waals surface area contributed by atoms with Gasteiger partial charge in [0.25, 0.3) is 10.0 Å². The number of rotatable bonds is 9. The number of ether oxygens (including phenoxy) is 1. The highest BCUT2D eigenvalue weighted by Crippen LogP contribution is 2.36. The number of anilines is 1. The van der Waals surface area contributed by atoms with Crippen LogP contribution in [-0.4, -0.2) is 41.3 Å². The summed E-state index contributed by atoms with van der Waals surface area (Å²) in [4.78, 5) is 24.2. The number of pyridine rings is 1. The summed E-state index contributed by atoms with van der Waals surface area (Å²) in [5.74, 6) is -4.68. The van der Waals surface area contributed by atoms with Crippen LogP contribution in [0, 0.1) is 22.9 Å². The second-order valence-electron chi connectivity index (χ2n) is 7.85. The maximum Gasteiger partial charge on any atom is 0.267 e. The molecule has 2 aromatic heterocycles. The summed E-state index contributed by atoms with van der Waals surface area (Å²) in [6, 6.07) is 10.1. The SMILES string of the molecule is COc1ccc(C(=N)SC(C(=O)c2cccc(NS(=O)(=O)c3c(F)cccc3F)c2F)c2ccnc(Cl)n2)cn1. The molecule has 1 atom stereocenters. The van der Waals surface area contributed by atoms with Crippen LogP contribution in [0.15, 0.2) is 71.9 Å². The summed E-state index contributed by atoms with van der Waals surface area (Å²) < 4.78 is 76.0. The standard InChI is InChI=1S/C25H17ClF3N5O4S2/c1-38-19-9-8-13(12-32-19)24(30)39-22(18-10-11-31-25(26)33-18)21(35)14-4-2-7-17(20(14)29)34-40(36,37)23-15(27)5-3-6-16(23)28/h2-12,22,30,34H,1H3. The topological polar surface area (TPSA) is 135 Å². The Morgan fingerprint density at radius 2 is 1.75 bits per heavy atom. The van der Waals surface area contributed by atoms with Gasteiger partial charge in [-0.2, -0.15) is 0 Å². The van der Waals surface area contributed by atoms with Gasteiger partial charge in [-0.3, -0.25) is 14.9 Å². The molecule has 0 radical (unpaired) electrons. The fraction of sp³-hybridized carbons (Fsp3) is 0.0800. The molecule has 2 N–H and O–H groups in total. The Morgan fingerprint density at radius 1 is 1.05 bits per heavy atom. The molecule has 1 unspecified atom stereocenters. The molecule has 2 heterocycles. The van der Waals surface area contributed by atoms with Gasteiger partial charge < -0.3 is 4.74 Å². The van der Waals surface area contributed by atoms with Crippen molar-refractivity contribution in [1.82, 2.24) is 15.0 Å². The number of Topliss-reactive ketones (excluding diaryl/α,β-unsaturated/α-hetero) is 1. The lowest BCUT2D eigenvalue weighted by Gasteiger charge is -2.17. The highest BCUT2D eigenvalue weighted by molar-refractivity contribution is 8.15. The number of nitrogens with zero attached hydrogens (tertiary/aromatic N) is 3. The minimum atomic E-state index is -4.92. The number of aromatic nitrogens is 3. The van der Waals surface area contributed by atoms with Crippen LogP contribution in [0.3, 0.4) is 0 Å². The van der Waals surface area contributed by atoms with Crippen molar-refractivity contribution in [1.29, 1.82) is 5.41 Å². The highest BCUT2D eigenvalue weighted by Gasteiger charge is 2.31. The van der Waals surface area contributed by atoms with Gasteiger partial charge in [0.15, 0.2) is 16.5 Å². The van der Waals surface area contributed by atoms with E-state index in [4.69, 9.17) is 21.7 Å². The molecule has 0 saturated carbocycles. The van der Waals surface area contributed by atoms with E-state index in [1.807, 2.05) is 0 Å². The third-order valence-electron chi connectivity index (χ3n) is 5.29. The maximum absolute atomic E-state index is 15.6. The Labute approximate surface area is 235 Å². The molecule has 0 aliphatic rings. The minimum absolute atomic E-state index is 0.0417. The van der Waals surface area contributed by atoms with E-state index in [2.05, 4.69) is 15.0 Å². The lowest BCUT2D eigenvalue weighted by atomic mass is 10.0. The Bertz CT molecular complexity index is 1690. The second-order valence-corrected chi connectivity index (χ2v) is 10.9. The molecule has 2 aromatic carbocycles. The second kappa shape index (κ2) is 12.0. The monoisotopic (exact) mass is 607 g/mol. The van der Waals surface area contributed by atoms with Crippen LogP contribution in [-0.2, 0) is 10.0 Å². The van der Waals surface area contributed by atoms with Crippen LogP contribution in [0.1, 0.15) is 26.9 Å². The van der Waals surface area contributed by atoms with E-state index in [1.54, 1.807) is 4.72 Å². The van der Waals surface area contributed by atoms with Gasteiger partial charge in [0.05, 0.1) is 29.1 Å². The van der Waals surface area contributed by atoms with Crippen molar-refractivity contribution in [3.05, 3.63) is 107 Å². The van der Waals surface area contributed by atoms with Crippen molar-refractivity contribution in [2.24, 2.45) is 0 Å². The molecular formula is C25H17ClF3N5O4S2. The summed E-state index contributed by atoms with van der Waals surface area (Å²) in [5, 5.41) is 6.82. The van der Waals surface area contributed by atoms with E-state index in [0.717, 1.165) is 30.3 Å². The lowest BCUT2D eigenvalue weighted by Crippen LogP contribution is -2.19. The zero-order chi connectivity index (χ0) is 29.0. The molecule has 0 saturated heterocycles. The first-order valence-electron chi connectivity index (χ1n) is 11.1. The Hall–Kier alpha value is -4.01. The normalized spacial score (nSPS) is 12.0. The van der Waals surface area contributed by atoms with Crippen LogP contribution in [0.25, 0.3) is 0 Å². The highest BCUT2D eigenvalue weighted by atomic mass is 35.5. The molecule has 0 bridgehead atoms. The van der Waals surface area contributed by atoms with Crippen molar-refractivity contribution in [3.63, 3.8) is 0 Å². The van der Waals surface area contributed by atoms with Crippen molar-refractivity contribution < 1.29 is 31.1 Å². The van der Waals surface area contributed by atoms with Gasteiger partial charge in [0.2, 0.25) is 11.2 Å². The van der Waals surface area contributed by atoms with Crippen molar-refractivity contribution in [2.45, 2.75) is 10.1 Å². The number of methoxy groups -OCH3 is 1. The van der Waals surface area contributed by atoms with E-state index in [0.29, 0.717) is 23.2 Å². The Morgan fingerprint density at radius 3 is 2.38 bits per heavy atom. The first-order chi connectivity index (χ1) is 19.0. The molecule has 4 aromatic rings. The van der Waals surface area contributed by atoms with Gasteiger partial charge in [-0.15, -0.1) is 0 Å². The van der Waals surface area contributed by atoms with E-state index in [9.17, 15) is 22.0 Å². The largest absolute Gasteiger partial charge is 0.481 e. The zero-order valence-corrected chi connectivity index (χ0v) is 22.6. The predicted octanol–water partition coefficient (Wildman–Crippen LogP) is 5.43. The van der Waals surface area contributed by atoms with Gasteiger partial charge in [-0.05, 0) is 48.0 Å². The summed E-state index contributed by atoms with van der Waals surface area (Å²) >= 11 is 6.61. The van der Waals surface area contributed by atoms with E-state index in [-0.39, 0.29) is 16.0 Å². The first kappa shape index (κ1) is 29.0. The predicted molar refractivity (Wildman–Crippen MR) is 143 cm³/mol. The van der Waals surface area contributed by atoms with Crippen molar-refractivity contribution in [3.8, 4) is 5.88 Å². The van der Waals surface area contributed by atoms with E-state index >= 15 is 4.39 Å². The summed E-state index contributed by atoms with van der Waals surface area (Å²) in [6.07, 6.45) is 2.62. The van der Waals surface area contributed by atoms with E-state index < -0.39 is 54.7 Å². The fourth-order valence-corrected chi connectivity index (χ4v) is 5.77.